The molecule has 0 bridgehead atoms. The van der Waals surface area contributed by atoms with E-state index in [4.69, 9.17) is 4.74 Å². The highest BCUT2D eigenvalue weighted by Crippen LogP contribution is 2.32. The normalized spacial score (nSPS) is 17.1. The molecule has 0 aliphatic carbocycles. The van der Waals surface area contributed by atoms with Gasteiger partial charge >= 0.3 is 6.18 Å². The molecule has 0 unspecified atom stereocenters. The Balaban J connectivity index is 1.51. The molecule has 0 N–H and O–H groups in total. The minimum absolute atomic E-state index is 0.203. The molecule has 152 valence electrons. The summed E-state index contributed by atoms with van der Waals surface area (Å²) in [6, 6.07) is 13.5. The van der Waals surface area contributed by atoms with Crippen LogP contribution in [0.15, 0.2) is 54.7 Å². The van der Waals surface area contributed by atoms with E-state index in [-0.39, 0.29) is 12.8 Å². The second kappa shape index (κ2) is 7.87. The van der Waals surface area contributed by atoms with Crippen molar-refractivity contribution in [1.82, 2.24) is 15.0 Å². The van der Waals surface area contributed by atoms with Crippen molar-refractivity contribution in [3.8, 4) is 0 Å². The van der Waals surface area contributed by atoms with Crippen molar-refractivity contribution in [2.45, 2.75) is 32.3 Å². The fraction of sp³-hybridized carbons (Fsp3) is 0.333. The maximum absolute atomic E-state index is 12.9. The maximum Gasteiger partial charge on any atom is 0.416 e. The lowest BCUT2D eigenvalue weighted by Gasteiger charge is -2.23. The molecule has 2 heterocycles. The third-order valence-corrected chi connectivity index (χ3v) is 4.98. The molecule has 1 fully saturated rings. The van der Waals surface area contributed by atoms with Gasteiger partial charge in [0.1, 0.15) is 5.69 Å². The Hall–Kier alpha value is -2.87. The zero-order chi connectivity index (χ0) is 20.4. The molecule has 8 heteroatoms. The number of rotatable bonds is 5. The van der Waals surface area contributed by atoms with Crippen LogP contribution in [-0.2, 0) is 23.9 Å². The van der Waals surface area contributed by atoms with Crippen molar-refractivity contribution in [2.75, 3.05) is 18.1 Å². The Morgan fingerprint density at radius 1 is 1.10 bits per heavy atom. The second-order valence-corrected chi connectivity index (χ2v) is 6.98. The van der Waals surface area contributed by atoms with Crippen LogP contribution in [0.25, 0.3) is 0 Å². The van der Waals surface area contributed by atoms with Crippen LogP contribution >= 0.6 is 0 Å². The number of benzene rings is 2. The Morgan fingerprint density at radius 3 is 2.62 bits per heavy atom. The van der Waals surface area contributed by atoms with Crippen molar-refractivity contribution in [3.05, 3.63) is 77.1 Å². The molecule has 1 aromatic heterocycles. The summed E-state index contributed by atoms with van der Waals surface area (Å²) in [4.78, 5) is 2.11. The summed E-state index contributed by atoms with van der Waals surface area (Å²) in [6.07, 6.45) is -2.03. The average molecular weight is 402 g/mol. The minimum atomic E-state index is -4.37. The van der Waals surface area contributed by atoms with Crippen molar-refractivity contribution in [1.29, 1.82) is 0 Å². The molecule has 0 radical (unpaired) electrons. The number of aryl methyl sites for hydroxylation is 1. The van der Waals surface area contributed by atoms with Crippen LogP contribution in [0.2, 0.25) is 0 Å². The molecule has 1 aliphatic heterocycles. The lowest BCUT2D eigenvalue weighted by atomic mass is 10.1. The van der Waals surface area contributed by atoms with Crippen LogP contribution in [0.3, 0.4) is 0 Å². The van der Waals surface area contributed by atoms with Gasteiger partial charge in [0.2, 0.25) is 0 Å². The number of hydrogen-bond donors (Lipinski definition) is 0. The molecule has 0 amide bonds. The molecule has 0 spiro atoms. The number of alkyl halides is 3. The van der Waals surface area contributed by atoms with E-state index >= 15 is 0 Å². The van der Waals surface area contributed by atoms with Crippen LogP contribution in [0, 0.1) is 0 Å². The Labute approximate surface area is 166 Å². The zero-order valence-corrected chi connectivity index (χ0v) is 15.9. The van der Waals surface area contributed by atoms with Crippen LogP contribution in [-0.4, -0.2) is 28.1 Å². The van der Waals surface area contributed by atoms with E-state index in [2.05, 4.69) is 46.4 Å². The number of aromatic nitrogens is 3. The predicted molar refractivity (Wildman–Crippen MR) is 102 cm³/mol. The Morgan fingerprint density at radius 2 is 1.90 bits per heavy atom. The topological polar surface area (TPSA) is 43.2 Å². The quantitative estimate of drug-likeness (QED) is 0.633. The third-order valence-electron chi connectivity index (χ3n) is 4.98. The Kier molecular flexibility index (Phi) is 5.27. The summed E-state index contributed by atoms with van der Waals surface area (Å²) in [5.41, 5.74) is 2.77. The number of hydrogen-bond acceptors (Lipinski definition) is 4. The summed E-state index contributed by atoms with van der Waals surface area (Å²) < 4.78 is 46.1. The number of ether oxygens (including phenoxy) is 1. The molecule has 1 atom stereocenters. The average Bonchev–Trinajstić information content (AvgIpc) is 3.37. The molecular weight excluding hydrogens is 381 g/mol. The zero-order valence-electron chi connectivity index (χ0n) is 15.9. The molecule has 4 rings (SSSR count). The van der Waals surface area contributed by atoms with Gasteiger partial charge in [-0.1, -0.05) is 36.4 Å². The van der Waals surface area contributed by atoms with Crippen LogP contribution in [0.4, 0.5) is 18.9 Å². The molecule has 5 nitrogen and oxygen atoms in total. The van der Waals surface area contributed by atoms with Gasteiger partial charge in [-0.3, -0.25) is 0 Å². The standard InChI is InChI=1S/C21H21F3N4O/c1-2-15-6-8-18(9-7-15)28-10-11-29-20(28)19-14-27(26-25-19)13-16-4-3-5-17(12-16)21(22,23)24/h3-9,12,14,20H,2,10-11,13H2,1H3/t20-/m1/s1. The lowest BCUT2D eigenvalue weighted by molar-refractivity contribution is -0.137. The third kappa shape index (κ3) is 4.27. The molecule has 1 aliphatic rings. The first kappa shape index (κ1) is 19.4. The molecule has 3 aromatic rings. The van der Waals surface area contributed by atoms with E-state index in [0.717, 1.165) is 30.8 Å². The maximum atomic E-state index is 12.9. The van der Waals surface area contributed by atoms with Crippen LogP contribution in [0.5, 0.6) is 0 Å². The molecule has 1 saturated heterocycles. The van der Waals surface area contributed by atoms with Gasteiger partial charge in [0.25, 0.3) is 0 Å². The smallest absolute Gasteiger partial charge is 0.350 e. The summed E-state index contributed by atoms with van der Waals surface area (Å²) in [5.74, 6) is 0. The molecule has 2 aromatic carbocycles. The number of halogens is 3. The van der Waals surface area contributed by atoms with E-state index < -0.39 is 11.7 Å². The van der Waals surface area contributed by atoms with Gasteiger partial charge in [0.05, 0.1) is 24.9 Å². The fourth-order valence-corrected chi connectivity index (χ4v) is 3.44. The van der Waals surface area contributed by atoms with E-state index in [9.17, 15) is 13.2 Å². The highest BCUT2D eigenvalue weighted by molar-refractivity contribution is 5.49. The predicted octanol–water partition coefficient (Wildman–Crippen LogP) is 4.44. The second-order valence-electron chi connectivity index (χ2n) is 6.98. The van der Waals surface area contributed by atoms with E-state index in [1.807, 2.05) is 0 Å². The Bertz CT molecular complexity index is 969. The monoisotopic (exact) mass is 402 g/mol. The van der Waals surface area contributed by atoms with Gasteiger partial charge in [-0.15, -0.1) is 5.10 Å². The van der Waals surface area contributed by atoms with Gasteiger partial charge < -0.3 is 9.64 Å². The van der Waals surface area contributed by atoms with E-state index in [0.29, 0.717) is 17.9 Å². The highest BCUT2D eigenvalue weighted by atomic mass is 19.4. The highest BCUT2D eigenvalue weighted by Gasteiger charge is 2.31. The summed E-state index contributed by atoms with van der Waals surface area (Å²) >= 11 is 0. The van der Waals surface area contributed by atoms with Gasteiger partial charge in [-0.05, 0) is 41.8 Å². The van der Waals surface area contributed by atoms with Crippen molar-refractivity contribution in [3.63, 3.8) is 0 Å². The first-order chi connectivity index (χ1) is 13.9. The first-order valence-corrected chi connectivity index (χ1v) is 9.47. The molecule has 0 saturated carbocycles. The summed E-state index contributed by atoms with van der Waals surface area (Å²) in [5, 5.41) is 8.28. The fourth-order valence-electron chi connectivity index (χ4n) is 3.44. The summed E-state index contributed by atoms with van der Waals surface area (Å²) in [6.45, 7) is 3.62. The molecular formula is C21H21F3N4O. The van der Waals surface area contributed by atoms with Crippen molar-refractivity contribution >= 4 is 5.69 Å². The number of nitrogens with zero attached hydrogens (tertiary/aromatic N) is 4. The number of anilines is 1. The van der Waals surface area contributed by atoms with Crippen LogP contribution < -0.4 is 4.90 Å². The van der Waals surface area contributed by atoms with Gasteiger partial charge in [-0.2, -0.15) is 13.2 Å². The van der Waals surface area contributed by atoms with Crippen molar-refractivity contribution in [2.24, 2.45) is 0 Å². The van der Waals surface area contributed by atoms with E-state index in [1.54, 1.807) is 12.3 Å². The minimum Gasteiger partial charge on any atom is -0.350 e. The molecule has 29 heavy (non-hydrogen) atoms. The van der Waals surface area contributed by atoms with Gasteiger partial charge in [-0.25, -0.2) is 4.68 Å². The van der Waals surface area contributed by atoms with Gasteiger partial charge in [0, 0.05) is 12.2 Å². The van der Waals surface area contributed by atoms with Crippen molar-refractivity contribution < 1.29 is 17.9 Å². The SMILES string of the molecule is CCc1ccc(N2CCO[C@@H]2c2cn(Cc3cccc(C(F)(F)F)c3)nn2)cc1. The summed E-state index contributed by atoms with van der Waals surface area (Å²) in [7, 11) is 0. The first-order valence-electron chi connectivity index (χ1n) is 9.47. The van der Waals surface area contributed by atoms with Crippen LogP contribution in [0.1, 0.15) is 35.5 Å². The van der Waals surface area contributed by atoms with E-state index in [1.165, 1.54) is 16.3 Å². The lowest BCUT2D eigenvalue weighted by Crippen LogP contribution is -2.23. The van der Waals surface area contributed by atoms with Gasteiger partial charge in [0.15, 0.2) is 6.23 Å². The largest absolute Gasteiger partial charge is 0.416 e.